The number of sulfonamides is 2. The first-order valence-electron chi connectivity index (χ1n) is 8.06. The Morgan fingerprint density at radius 3 is 2.69 bits per heavy atom. The lowest BCUT2D eigenvalue weighted by Crippen LogP contribution is -2.44. The number of hydrogen-bond donors (Lipinski definition) is 2. The third-order valence-electron chi connectivity index (χ3n) is 3.70. The number of nitrogens with two attached hydrogens (primary N) is 1. The number of fused-ring (bicyclic) bond motifs is 1. The molecule has 0 amide bonds. The van der Waals surface area contributed by atoms with Crippen LogP contribution in [0.25, 0.3) is 0 Å². The summed E-state index contributed by atoms with van der Waals surface area (Å²) in [6.07, 6.45) is -0.366. The zero-order valence-electron chi connectivity index (χ0n) is 14.8. The fourth-order valence-electron chi connectivity index (χ4n) is 2.64. The van der Waals surface area contributed by atoms with Crippen molar-refractivity contribution in [1.29, 1.82) is 0 Å². The Bertz CT molecular complexity index is 876. The maximum atomic E-state index is 12.8. The van der Waals surface area contributed by atoms with Gasteiger partial charge in [0.15, 0.2) is 0 Å². The maximum absolute atomic E-state index is 12.8. The van der Waals surface area contributed by atoms with Gasteiger partial charge in [0.05, 0.1) is 12.5 Å². The molecule has 0 saturated heterocycles. The van der Waals surface area contributed by atoms with Crippen molar-refractivity contribution < 1.29 is 26.4 Å². The molecule has 0 radical (unpaired) electrons. The molecule has 0 bridgehead atoms. The highest BCUT2D eigenvalue weighted by Gasteiger charge is 2.39. The Morgan fingerprint density at radius 2 is 2.15 bits per heavy atom. The van der Waals surface area contributed by atoms with Gasteiger partial charge in [0, 0.05) is 24.7 Å². The van der Waals surface area contributed by atoms with Gasteiger partial charge in [0.25, 0.3) is 10.0 Å². The standard InChI is InChI=1S/C14H23N3O6S3/c1-4-16-11-8-17(6-5-12(18)23-9(2)3)26(21,22)14-10(11)7-13(24-14)25(15,19)20/h7,9,11,16H,4-6,8H2,1-3H3,(H2,15,19,20)/t11-/m0/s1. The second kappa shape index (κ2) is 7.90. The first-order valence-corrected chi connectivity index (χ1v) is 11.9. The monoisotopic (exact) mass is 425 g/mol. The molecule has 2 heterocycles. The minimum absolute atomic E-state index is 0.0438. The van der Waals surface area contributed by atoms with Gasteiger partial charge in [-0.15, -0.1) is 11.3 Å². The van der Waals surface area contributed by atoms with E-state index >= 15 is 0 Å². The van der Waals surface area contributed by atoms with E-state index in [0.717, 1.165) is 0 Å². The van der Waals surface area contributed by atoms with Crippen molar-refractivity contribution in [1.82, 2.24) is 9.62 Å². The molecule has 1 aromatic heterocycles. The number of likely N-dealkylation sites (N-methyl/N-ethyl adjacent to an activating group) is 1. The molecule has 0 spiro atoms. The molecule has 0 saturated carbocycles. The average Bonchev–Trinajstić information content (AvgIpc) is 2.95. The second-order valence-electron chi connectivity index (χ2n) is 6.12. The van der Waals surface area contributed by atoms with Crippen LogP contribution in [0.2, 0.25) is 0 Å². The number of nitrogens with one attached hydrogen (secondary N) is 1. The van der Waals surface area contributed by atoms with Crippen LogP contribution in [-0.4, -0.2) is 52.8 Å². The summed E-state index contributed by atoms with van der Waals surface area (Å²) >= 11 is 0.629. The number of carbonyl (C=O) groups excluding carboxylic acids is 1. The van der Waals surface area contributed by atoms with E-state index in [1.54, 1.807) is 13.8 Å². The lowest BCUT2D eigenvalue weighted by molar-refractivity contribution is -0.147. The van der Waals surface area contributed by atoms with Crippen molar-refractivity contribution in [3.63, 3.8) is 0 Å². The van der Waals surface area contributed by atoms with Crippen LogP contribution >= 0.6 is 11.3 Å². The fraction of sp³-hybridized carbons (Fsp3) is 0.643. The van der Waals surface area contributed by atoms with Gasteiger partial charge in [-0.25, -0.2) is 22.0 Å². The third-order valence-corrected chi connectivity index (χ3v) is 8.66. The van der Waals surface area contributed by atoms with E-state index in [-0.39, 0.29) is 40.1 Å². The van der Waals surface area contributed by atoms with E-state index in [4.69, 9.17) is 9.88 Å². The van der Waals surface area contributed by atoms with Gasteiger partial charge in [-0.2, -0.15) is 4.31 Å². The molecule has 1 aliphatic rings. The number of thiophene rings is 1. The van der Waals surface area contributed by atoms with Gasteiger partial charge < -0.3 is 10.1 Å². The lowest BCUT2D eigenvalue weighted by Gasteiger charge is -2.32. The molecule has 2 rings (SSSR count). The summed E-state index contributed by atoms with van der Waals surface area (Å²) in [5, 5.41) is 8.29. The van der Waals surface area contributed by atoms with Crippen molar-refractivity contribution in [3.8, 4) is 0 Å². The van der Waals surface area contributed by atoms with Gasteiger partial charge in [0.1, 0.15) is 8.42 Å². The van der Waals surface area contributed by atoms with Crippen LogP contribution in [0, 0.1) is 0 Å². The number of primary sulfonamides is 1. The SMILES string of the molecule is CCN[C@H]1CN(CCC(=O)OC(C)C)S(=O)(=O)c2sc(S(N)(=O)=O)cc21. The first-order chi connectivity index (χ1) is 12.0. The molecule has 0 aliphatic carbocycles. The van der Waals surface area contributed by atoms with Crippen LogP contribution in [0.1, 0.15) is 38.8 Å². The van der Waals surface area contributed by atoms with Crippen molar-refractivity contribution in [2.75, 3.05) is 19.6 Å². The number of esters is 1. The second-order valence-corrected chi connectivity index (χ2v) is 11.1. The van der Waals surface area contributed by atoms with Crippen LogP contribution < -0.4 is 10.5 Å². The largest absolute Gasteiger partial charge is 0.463 e. The summed E-state index contributed by atoms with van der Waals surface area (Å²) < 4.78 is 54.9. The minimum Gasteiger partial charge on any atom is -0.463 e. The molecule has 12 heteroatoms. The van der Waals surface area contributed by atoms with E-state index in [1.165, 1.54) is 10.4 Å². The van der Waals surface area contributed by atoms with E-state index in [9.17, 15) is 21.6 Å². The number of nitrogens with zero attached hydrogens (tertiary/aromatic N) is 1. The molecule has 1 aromatic rings. The van der Waals surface area contributed by atoms with Gasteiger partial charge in [-0.05, 0) is 26.5 Å². The zero-order chi connectivity index (χ0) is 19.7. The summed E-state index contributed by atoms with van der Waals surface area (Å²) in [6, 6.07) is 0.927. The smallest absolute Gasteiger partial charge is 0.307 e. The molecule has 9 nitrogen and oxygen atoms in total. The number of hydrogen-bond acceptors (Lipinski definition) is 8. The quantitative estimate of drug-likeness (QED) is 0.603. The van der Waals surface area contributed by atoms with Crippen molar-refractivity contribution in [2.24, 2.45) is 5.14 Å². The molecule has 148 valence electrons. The van der Waals surface area contributed by atoms with E-state index in [2.05, 4.69) is 5.32 Å². The average molecular weight is 426 g/mol. The Labute approximate surface area is 157 Å². The first kappa shape index (κ1) is 21.3. The number of rotatable bonds is 7. The highest BCUT2D eigenvalue weighted by atomic mass is 32.3. The van der Waals surface area contributed by atoms with Gasteiger partial charge in [-0.1, -0.05) is 6.92 Å². The van der Waals surface area contributed by atoms with Gasteiger partial charge in [-0.3, -0.25) is 4.79 Å². The van der Waals surface area contributed by atoms with E-state index in [0.29, 0.717) is 23.4 Å². The summed E-state index contributed by atoms with van der Waals surface area (Å²) in [7, 11) is -7.92. The maximum Gasteiger partial charge on any atom is 0.307 e. The van der Waals surface area contributed by atoms with Crippen LogP contribution in [0.4, 0.5) is 0 Å². The lowest BCUT2D eigenvalue weighted by atomic mass is 10.1. The van der Waals surface area contributed by atoms with Crippen molar-refractivity contribution in [2.45, 2.75) is 47.8 Å². The minimum atomic E-state index is -4.01. The Hall–Kier alpha value is -1.05. The molecule has 1 aliphatic heterocycles. The van der Waals surface area contributed by atoms with Gasteiger partial charge in [0.2, 0.25) is 10.0 Å². The van der Waals surface area contributed by atoms with Crippen LogP contribution in [0.15, 0.2) is 14.5 Å². The summed E-state index contributed by atoms with van der Waals surface area (Å²) in [4.78, 5) is 11.7. The molecule has 0 unspecified atom stereocenters. The van der Waals surface area contributed by atoms with Crippen LogP contribution in [0.3, 0.4) is 0 Å². The van der Waals surface area contributed by atoms with Crippen molar-refractivity contribution >= 4 is 37.4 Å². The topological polar surface area (TPSA) is 136 Å². The van der Waals surface area contributed by atoms with Crippen LogP contribution in [-0.2, 0) is 29.6 Å². The molecule has 1 atom stereocenters. The van der Waals surface area contributed by atoms with Crippen molar-refractivity contribution in [3.05, 3.63) is 11.6 Å². The predicted molar refractivity (Wildman–Crippen MR) is 96.7 cm³/mol. The van der Waals surface area contributed by atoms with Gasteiger partial charge >= 0.3 is 5.97 Å². The zero-order valence-corrected chi connectivity index (χ0v) is 17.2. The fourth-order valence-corrected chi connectivity index (χ4v) is 6.91. The summed E-state index contributed by atoms with van der Waals surface area (Å²) in [6.45, 7) is 5.90. The number of ether oxygens (including phenoxy) is 1. The number of carbonyl (C=O) groups is 1. The summed E-state index contributed by atoms with van der Waals surface area (Å²) in [5.74, 6) is -0.489. The molecule has 0 aromatic carbocycles. The molecule has 0 fully saturated rings. The van der Waals surface area contributed by atoms with E-state index in [1.807, 2.05) is 6.92 Å². The predicted octanol–water partition coefficient (Wildman–Crippen LogP) is 0.392. The Kier molecular flexibility index (Phi) is 6.46. The van der Waals surface area contributed by atoms with E-state index < -0.39 is 26.0 Å². The molecular weight excluding hydrogens is 402 g/mol. The Morgan fingerprint density at radius 1 is 1.50 bits per heavy atom. The molecule has 3 N–H and O–H groups in total. The Balaban J connectivity index is 2.34. The normalized spacial score (nSPS) is 20.1. The molecule has 26 heavy (non-hydrogen) atoms. The van der Waals surface area contributed by atoms with Crippen LogP contribution in [0.5, 0.6) is 0 Å². The highest BCUT2D eigenvalue weighted by Crippen LogP contribution is 2.39. The highest BCUT2D eigenvalue weighted by molar-refractivity contribution is 7.94. The third kappa shape index (κ3) is 4.61. The molecular formula is C14H23N3O6S3. The summed E-state index contributed by atoms with van der Waals surface area (Å²) in [5.41, 5.74) is 0.391.